The monoisotopic (exact) mass is 353 g/mol. The van der Waals surface area contributed by atoms with E-state index in [1.165, 1.54) is 6.07 Å². The lowest BCUT2D eigenvalue weighted by Crippen LogP contribution is -2.48. The first-order valence-electron chi connectivity index (χ1n) is 7.87. The van der Waals surface area contributed by atoms with Gasteiger partial charge in [0.25, 0.3) is 5.91 Å². The Morgan fingerprint density at radius 3 is 2.72 bits per heavy atom. The topological polar surface area (TPSA) is 63.1 Å². The van der Waals surface area contributed by atoms with Crippen LogP contribution < -0.4 is 10.2 Å². The molecule has 134 valence electrons. The second kappa shape index (κ2) is 6.38. The Hall–Kier alpha value is -2.58. The van der Waals surface area contributed by atoms with Crippen LogP contribution in [-0.4, -0.2) is 33.3 Å². The number of rotatable bonds is 3. The van der Waals surface area contributed by atoms with E-state index in [0.29, 0.717) is 18.8 Å². The predicted octanol–water partition coefficient (Wildman–Crippen LogP) is 2.75. The lowest BCUT2D eigenvalue weighted by Gasteiger charge is -2.32. The SMILES string of the molecule is Cc1cc(N2CCCC(Nc3ccnc(C(F)(F)F)c3)C2=O)n(C)n1. The van der Waals surface area contributed by atoms with Crippen LogP contribution in [0.25, 0.3) is 0 Å². The van der Waals surface area contributed by atoms with Crippen LogP contribution in [0, 0.1) is 6.92 Å². The summed E-state index contributed by atoms with van der Waals surface area (Å²) in [5.74, 6) is 0.499. The van der Waals surface area contributed by atoms with Crippen LogP contribution in [0.4, 0.5) is 24.7 Å². The van der Waals surface area contributed by atoms with E-state index in [1.807, 2.05) is 13.0 Å². The number of nitrogens with one attached hydrogen (secondary N) is 1. The summed E-state index contributed by atoms with van der Waals surface area (Å²) in [4.78, 5) is 17.7. The third kappa shape index (κ3) is 3.59. The number of carbonyl (C=O) groups excluding carboxylic acids is 1. The summed E-state index contributed by atoms with van der Waals surface area (Å²) < 4.78 is 40.0. The van der Waals surface area contributed by atoms with E-state index < -0.39 is 17.9 Å². The number of carbonyl (C=O) groups is 1. The van der Waals surface area contributed by atoms with E-state index in [0.717, 1.165) is 24.4 Å². The van der Waals surface area contributed by atoms with Gasteiger partial charge >= 0.3 is 6.18 Å². The standard InChI is InChI=1S/C16H18F3N5O/c1-10-8-14(23(2)22-10)24-7-3-4-12(15(24)25)21-11-5-6-20-13(9-11)16(17,18)19/h5-6,8-9,12H,3-4,7H2,1-2H3,(H,20,21). The smallest absolute Gasteiger partial charge is 0.374 e. The minimum Gasteiger partial charge on any atom is -0.374 e. The Kier molecular flexibility index (Phi) is 4.40. The Labute approximate surface area is 142 Å². The number of alkyl halides is 3. The molecule has 0 spiro atoms. The van der Waals surface area contributed by atoms with Gasteiger partial charge in [0.05, 0.1) is 5.69 Å². The fourth-order valence-electron chi connectivity index (χ4n) is 2.96. The van der Waals surface area contributed by atoms with Crippen molar-refractivity contribution in [1.82, 2.24) is 14.8 Å². The lowest BCUT2D eigenvalue weighted by molar-refractivity contribution is -0.141. The highest BCUT2D eigenvalue weighted by molar-refractivity contribution is 5.98. The Morgan fingerprint density at radius 2 is 2.08 bits per heavy atom. The zero-order chi connectivity index (χ0) is 18.2. The molecule has 1 unspecified atom stereocenters. The van der Waals surface area contributed by atoms with Crippen molar-refractivity contribution in [3.63, 3.8) is 0 Å². The molecule has 2 aromatic heterocycles. The van der Waals surface area contributed by atoms with Gasteiger partial charge in [0, 0.05) is 31.5 Å². The molecule has 2 aromatic rings. The van der Waals surface area contributed by atoms with Crippen molar-refractivity contribution in [2.45, 2.75) is 32.0 Å². The highest BCUT2D eigenvalue weighted by Crippen LogP contribution is 2.30. The summed E-state index contributed by atoms with van der Waals surface area (Å²) in [6, 6.07) is 3.57. The summed E-state index contributed by atoms with van der Waals surface area (Å²) in [5.41, 5.74) is 0.0351. The van der Waals surface area contributed by atoms with Crippen molar-refractivity contribution >= 4 is 17.4 Å². The summed E-state index contributed by atoms with van der Waals surface area (Å²) in [6.07, 6.45) is -2.14. The number of piperidine rings is 1. The van der Waals surface area contributed by atoms with Gasteiger partial charge in [-0.15, -0.1) is 0 Å². The molecule has 0 radical (unpaired) electrons. The van der Waals surface area contributed by atoms with E-state index in [9.17, 15) is 18.0 Å². The molecule has 9 heteroatoms. The van der Waals surface area contributed by atoms with Gasteiger partial charge in [-0.3, -0.25) is 19.4 Å². The van der Waals surface area contributed by atoms with E-state index in [4.69, 9.17) is 0 Å². The van der Waals surface area contributed by atoms with Crippen LogP contribution in [0.1, 0.15) is 24.2 Å². The molecule has 0 saturated carbocycles. The fourth-order valence-corrected chi connectivity index (χ4v) is 2.96. The summed E-state index contributed by atoms with van der Waals surface area (Å²) in [6.45, 7) is 2.39. The summed E-state index contributed by atoms with van der Waals surface area (Å²) in [7, 11) is 1.76. The van der Waals surface area contributed by atoms with Gasteiger partial charge in [-0.1, -0.05) is 0 Å². The van der Waals surface area contributed by atoms with Crippen molar-refractivity contribution in [2.75, 3.05) is 16.8 Å². The van der Waals surface area contributed by atoms with Crippen molar-refractivity contribution in [2.24, 2.45) is 7.05 Å². The van der Waals surface area contributed by atoms with Crippen LogP contribution >= 0.6 is 0 Å². The van der Waals surface area contributed by atoms with Gasteiger partial charge in [0.2, 0.25) is 0 Å². The number of hydrogen-bond acceptors (Lipinski definition) is 4. The number of aromatic nitrogens is 3. The van der Waals surface area contributed by atoms with E-state index in [1.54, 1.807) is 16.6 Å². The Balaban J connectivity index is 1.79. The average Bonchev–Trinajstić information content (AvgIpc) is 2.87. The number of amides is 1. The molecule has 3 rings (SSSR count). The quantitative estimate of drug-likeness (QED) is 0.922. The number of hydrogen-bond donors (Lipinski definition) is 1. The van der Waals surface area contributed by atoms with Crippen molar-refractivity contribution in [1.29, 1.82) is 0 Å². The van der Waals surface area contributed by atoms with E-state index in [2.05, 4.69) is 15.4 Å². The lowest BCUT2D eigenvalue weighted by atomic mass is 10.0. The molecule has 1 N–H and O–H groups in total. The van der Waals surface area contributed by atoms with Crippen LogP contribution in [-0.2, 0) is 18.0 Å². The molecule has 1 amide bonds. The first-order chi connectivity index (χ1) is 11.8. The minimum atomic E-state index is -4.52. The number of halogens is 3. The summed E-state index contributed by atoms with van der Waals surface area (Å²) in [5, 5.41) is 7.15. The molecule has 3 heterocycles. The van der Waals surface area contributed by atoms with Gasteiger partial charge in [0.15, 0.2) is 0 Å². The second-order valence-electron chi connectivity index (χ2n) is 6.02. The minimum absolute atomic E-state index is 0.181. The van der Waals surface area contributed by atoms with E-state index in [-0.39, 0.29) is 11.6 Å². The first-order valence-corrected chi connectivity index (χ1v) is 7.87. The molecule has 1 saturated heterocycles. The molecule has 1 atom stereocenters. The highest BCUT2D eigenvalue weighted by atomic mass is 19.4. The third-order valence-electron chi connectivity index (χ3n) is 4.08. The van der Waals surface area contributed by atoms with Gasteiger partial charge in [-0.25, -0.2) is 0 Å². The predicted molar refractivity (Wildman–Crippen MR) is 86.2 cm³/mol. The molecular weight excluding hydrogens is 335 g/mol. The van der Waals surface area contributed by atoms with Gasteiger partial charge < -0.3 is 5.32 Å². The number of pyridine rings is 1. The number of anilines is 2. The fraction of sp³-hybridized carbons (Fsp3) is 0.438. The van der Waals surface area contributed by atoms with Crippen LogP contribution in [0.3, 0.4) is 0 Å². The highest BCUT2D eigenvalue weighted by Gasteiger charge is 2.34. The van der Waals surface area contributed by atoms with Crippen LogP contribution in [0.15, 0.2) is 24.4 Å². The molecule has 6 nitrogen and oxygen atoms in total. The van der Waals surface area contributed by atoms with Gasteiger partial charge in [0.1, 0.15) is 17.6 Å². The van der Waals surface area contributed by atoms with Crippen molar-refractivity contribution < 1.29 is 18.0 Å². The zero-order valence-electron chi connectivity index (χ0n) is 13.8. The second-order valence-corrected chi connectivity index (χ2v) is 6.02. The van der Waals surface area contributed by atoms with Crippen LogP contribution in [0.2, 0.25) is 0 Å². The van der Waals surface area contributed by atoms with Crippen LogP contribution in [0.5, 0.6) is 0 Å². The number of nitrogens with zero attached hydrogens (tertiary/aromatic N) is 4. The van der Waals surface area contributed by atoms with Crippen molar-refractivity contribution in [3.8, 4) is 0 Å². The molecular formula is C16H18F3N5O. The maximum atomic E-state index is 12.8. The largest absolute Gasteiger partial charge is 0.433 e. The molecule has 0 aromatic carbocycles. The molecule has 1 aliphatic heterocycles. The molecule has 1 aliphatic rings. The maximum Gasteiger partial charge on any atom is 0.433 e. The number of aryl methyl sites for hydroxylation is 2. The third-order valence-corrected chi connectivity index (χ3v) is 4.08. The van der Waals surface area contributed by atoms with E-state index >= 15 is 0 Å². The normalized spacial score (nSPS) is 18.5. The van der Waals surface area contributed by atoms with Crippen molar-refractivity contribution in [3.05, 3.63) is 35.8 Å². The Morgan fingerprint density at radius 1 is 1.32 bits per heavy atom. The van der Waals surface area contributed by atoms with Gasteiger partial charge in [-0.05, 0) is 31.9 Å². The van der Waals surface area contributed by atoms with Gasteiger partial charge in [-0.2, -0.15) is 18.3 Å². The zero-order valence-corrected chi connectivity index (χ0v) is 13.8. The first kappa shape index (κ1) is 17.2. The average molecular weight is 353 g/mol. The molecule has 0 bridgehead atoms. The molecule has 1 fully saturated rings. The molecule has 25 heavy (non-hydrogen) atoms. The maximum absolute atomic E-state index is 12.8. The summed E-state index contributed by atoms with van der Waals surface area (Å²) >= 11 is 0. The Bertz CT molecular complexity index is 786. The molecule has 0 aliphatic carbocycles.